The zero-order valence-electron chi connectivity index (χ0n) is 17.1. The third-order valence-electron chi connectivity index (χ3n) is 3.96. The zero-order valence-corrected chi connectivity index (χ0v) is 19.4. The Morgan fingerprint density at radius 2 is 2.00 bits per heavy atom. The molecular weight excluding hydrogens is 457 g/mol. The first kappa shape index (κ1) is 25.8. The molecule has 0 saturated carbocycles. The van der Waals surface area contributed by atoms with Crippen LogP contribution in [0.15, 0.2) is 23.2 Å². The highest BCUT2D eigenvalue weighted by Gasteiger charge is 2.07. The first-order valence-electron chi connectivity index (χ1n) is 9.59. The summed E-state index contributed by atoms with van der Waals surface area (Å²) in [4.78, 5) is 4.68. The second-order valence-corrected chi connectivity index (χ2v) is 6.29. The first-order chi connectivity index (χ1) is 12.6. The Bertz CT molecular complexity index is 541. The Kier molecular flexibility index (Phi) is 15.1. The monoisotopic (exact) mass is 493 g/mol. The van der Waals surface area contributed by atoms with Gasteiger partial charge in [-0.25, -0.2) is 4.99 Å². The summed E-state index contributed by atoms with van der Waals surface area (Å²) in [5.41, 5.74) is 1.04. The minimum Gasteiger partial charge on any atom is -0.493 e. The van der Waals surface area contributed by atoms with Crippen LogP contribution in [-0.4, -0.2) is 44.0 Å². The van der Waals surface area contributed by atoms with E-state index >= 15 is 0 Å². The van der Waals surface area contributed by atoms with Crippen LogP contribution in [0.1, 0.15) is 52.0 Å². The van der Waals surface area contributed by atoms with Crippen LogP contribution in [0.3, 0.4) is 0 Å². The van der Waals surface area contributed by atoms with Crippen LogP contribution >= 0.6 is 24.0 Å². The van der Waals surface area contributed by atoms with E-state index in [0.29, 0.717) is 24.1 Å². The van der Waals surface area contributed by atoms with Crippen molar-refractivity contribution < 1.29 is 14.6 Å². The normalized spacial score (nSPS) is 12.1. The standard InChI is InChI=1S/C20H35N3O3.HI/c1-5-7-8-9-16(3)23-20(21-6-2)22-15-17-10-11-18(26-13-12-24)19(14-17)25-4;/h10-11,14,16,24H,5-9,12-13,15H2,1-4H3,(H2,21,22,23);1H. The third-order valence-corrected chi connectivity index (χ3v) is 3.96. The van der Waals surface area contributed by atoms with Crippen LogP contribution in [0.5, 0.6) is 11.5 Å². The number of methoxy groups -OCH3 is 1. The van der Waals surface area contributed by atoms with E-state index in [0.717, 1.165) is 24.5 Å². The minimum atomic E-state index is -0.0244. The molecule has 27 heavy (non-hydrogen) atoms. The molecule has 0 radical (unpaired) electrons. The van der Waals surface area contributed by atoms with Gasteiger partial charge in [0.05, 0.1) is 20.3 Å². The molecule has 1 aromatic carbocycles. The highest BCUT2D eigenvalue weighted by atomic mass is 127. The van der Waals surface area contributed by atoms with Gasteiger partial charge < -0.3 is 25.2 Å². The predicted octanol–water partition coefficient (Wildman–Crippen LogP) is 3.71. The molecule has 0 bridgehead atoms. The van der Waals surface area contributed by atoms with Crippen LogP contribution in [0, 0.1) is 0 Å². The lowest BCUT2D eigenvalue weighted by molar-refractivity contribution is 0.196. The lowest BCUT2D eigenvalue weighted by atomic mass is 10.1. The largest absolute Gasteiger partial charge is 0.493 e. The summed E-state index contributed by atoms with van der Waals surface area (Å²) in [5, 5.41) is 15.7. The number of halogens is 1. The Morgan fingerprint density at radius 3 is 2.63 bits per heavy atom. The molecule has 0 spiro atoms. The minimum absolute atomic E-state index is 0. The predicted molar refractivity (Wildman–Crippen MR) is 123 cm³/mol. The van der Waals surface area contributed by atoms with Gasteiger partial charge in [-0.1, -0.05) is 32.3 Å². The molecule has 156 valence electrons. The molecule has 1 unspecified atom stereocenters. The van der Waals surface area contributed by atoms with Crippen molar-refractivity contribution in [3.05, 3.63) is 23.8 Å². The Labute approximate surface area is 181 Å². The molecule has 3 N–H and O–H groups in total. The number of guanidine groups is 1. The Balaban J connectivity index is 0.00000676. The molecule has 1 atom stereocenters. The van der Waals surface area contributed by atoms with Gasteiger partial charge in [0.2, 0.25) is 0 Å². The molecule has 0 aliphatic rings. The molecule has 0 aliphatic heterocycles. The van der Waals surface area contributed by atoms with Crippen molar-refractivity contribution in [1.82, 2.24) is 10.6 Å². The number of aliphatic imine (C=N–C) groups is 1. The third kappa shape index (κ3) is 10.6. The van der Waals surface area contributed by atoms with E-state index in [9.17, 15) is 0 Å². The summed E-state index contributed by atoms with van der Waals surface area (Å²) in [6.07, 6.45) is 4.88. The highest BCUT2D eigenvalue weighted by Crippen LogP contribution is 2.28. The maximum absolute atomic E-state index is 8.88. The number of hydrogen-bond donors (Lipinski definition) is 3. The van der Waals surface area contributed by atoms with Gasteiger partial charge in [0, 0.05) is 12.6 Å². The molecule has 0 aliphatic carbocycles. The Morgan fingerprint density at radius 1 is 1.22 bits per heavy atom. The van der Waals surface area contributed by atoms with Crippen molar-refractivity contribution in [2.75, 3.05) is 26.9 Å². The number of ether oxygens (including phenoxy) is 2. The number of benzene rings is 1. The molecule has 1 rings (SSSR count). The van der Waals surface area contributed by atoms with Gasteiger partial charge in [0.25, 0.3) is 0 Å². The molecule has 7 heteroatoms. The van der Waals surface area contributed by atoms with Crippen LogP contribution in [0.25, 0.3) is 0 Å². The second kappa shape index (κ2) is 15.8. The van der Waals surface area contributed by atoms with Gasteiger partial charge in [0.15, 0.2) is 17.5 Å². The topological polar surface area (TPSA) is 75.1 Å². The SMILES string of the molecule is CCCCCC(C)NC(=NCc1ccc(OCCO)c(OC)c1)NCC.I. The summed E-state index contributed by atoms with van der Waals surface area (Å²) in [5.74, 6) is 2.11. The average Bonchev–Trinajstić information content (AvgIpc) is 2.65. The highest BCUT2D eigenvalue weighted by molar-refractivity contribution is 14.0. The molecule has 6 nitrogen and oxygen atoms in total. The molecule has 0 saturated heterocycles. The lowest BCUT2D eigenvalue weighted by Crippen LogP contribution is -2.42. The van der Waals surface area contributed by atoms with Gasteiger partial charge in [-0.05, 0) is 38.0 Å². The number of aliphatic hydroxyl groups is 1. The fourth-order valence-corrected chi connectivity index (χ4v) is 2.58. The molecular formula is C20H36IN3O3. The molecule has 0 heterocycles. The number of hydrogen-bond acceptors (Lipinski definition) is 4. The van der Waals surface area contributed by atoms with E-state index in [2.05, 4.69) is 36.4 Å². The van der Waals surface area contributed by atoms with Crippen molar-refractivity contribution in [3.63, 3.8) is 0 Å². The van der Waals surface area contributed by atoms with Crippen molar-refractivity contribution in [3.8, 4) is 11.5 Å². The van der Waals surface area contributed by atoms with Gasteiger partial charge >= 0.3 is 0 Å². The maximum Gasteiger partial charge on any atom is 0.191 e. The fourth-order valence-electron chi connectivity index (χ4n) is 2.58. The summed E-state index contributed by atoms with van der Waals surface area (Å²) < 4.78 is 10.8. The van der Waals surface area contributed by atoms with Gasteiger partial charge in [0.1, 0.15) is 6.61 Å². The van der Waals surface area contributed by atoms with Gasteiger partial charge in [-0.3, -0.25) is 0 Å². The van der Waals surface area contributed by atoms with Crippen molar-refractivity contribution in [2.24, 2.45) is 4.99 Å². The number of nitrogens with one attached hydrogen (secondary N) is 2. The molecule has 1 aromatic rings. The number of rotatable bonds is 12. The van der Waals surface area contributed by atoms with E-state index in [1.165, 1.54) is 19.3 Å². The first-order valence-corrected chi connectivity index (χ1v) is 9.59. The van der Waals surface area contributed by atoms with E-state index in [1.807, 2.05) is 18.2 Å². The summed E-state index contributed by atoms with van der Waals surface area (Å²) in [6, 6.07) is 6.13. The number of aliphatic hydroxyl groups excluding tert-OH is 1. The summed E-state index contributed by atoms with van der Waals surface area (Å²) in [7, 11) is 1.61. The average molecular weight is 493 g/mol. The van der Waals surface area contributed by atoms with Gasteiger partial charge in [-0.2, -0.15) is 0 Å². The van der Waals surface area contributed by atoms with Crippen LogP contribution in [0.4, 0.5) is 0 Å². The van der Waals surface area contributed by atoms with Crippen molar-refractivity contribution in [1.29, 1.82) is 0 Å². The molecule has 0 aromatic heterocycles. The number of nitrogens with zero attached hydrogens (tertiary/aromatic N) is 1. The number of unbranched alkanes of at least 4 members (excludes halogenated alkanes) is 2. The Hall–Kier alpha value is -1.22. The van der Waals surface area contributed by atoms with Gasteiger partial charge in [-0.15, -0.1) is 24.0 Å². The van der Waals surface area contributed by atoms with Crippen LogP contribution in [0.2, 0.25) is 0 Å². The fraction of sp³-hybridized carbons (Fsp3) is 0.650. The van der Waals surface area contributed by atoms with Crippen molar-refractivity contribution in [2.45, 2.75) is 59.0 Å². The van der Waals surface area contributed by atoms with Crippen LogP contribution in [-0.2, 0) is 6.54 Å². The summed E-state index contributed by atoms with van der Waals surface area (Å²) >= 11 is 0. The van der Waals surface area contributed by atoms with E-state index < -0.39 is 0 Å². The quantitative estimate of drug-likeness (QED) is 0.179. The van der Waals surface area contributed by atoms with E-state index in [-0.39, 0.29) is 37.2 Å². The zero-order chi connectivity index (χ0) is 19.2. The molecule has 0 amide bonds. The van der Waals surface area contributed by atoms with E-state index in [4.69, 9.17) is 14.6 Å². The lowest BCUT2D eigenvalue weighted by Gasteiger charge is -2.18. The van der Waals surface area contributed by atoms with Crippen molar-refractivity contribution >= 4 is 29.9 Å². The second-order valence-electron chi connectivity index (χ2n) is 6.29. The smallest absolute Gasteiger partial charge is 0.191 e. The molecule has 0 fully saturated rings. The summed E-state index contributed by atoms with van der Waals surface area (Å²) in [6.45, 7) is 8.08. The van der Waals surface area contributed by atoms with Crippen LogP contribution < -0.4 is 20.1 Å². The van der Waals surface area contributed by atoms with E-state index in [1.54, 1.807) is 7.11 Å². The maximum atomic E-state index is 8.88.